The van der Waals surface area contributed by atoms with Crippen LogP contribution >= 0.6 is 0 Å². The van der Waals surface area contributed by atoms with Gasteiger partial charge in [0, 0.05) is 19.8 Å². The summed E-state index contributed by atoms with van der Waals surface area (Å²) in [4.78, 5) is 0. The average molecular weight is 293 g/mol. The second-order valence-electron chi connectivity index (χ2n) is 4.90. The number of aromatic nitrogens is 2. The molecule has 0 radical (unpaired) electrons. The first-order chi connectivity index (χ1) is 10.1. The predicted octanol–water partition coefficient (Wildman–Crippen LogP) is 1.13. The van der Waals surface area contributed by atoms with Crippen molar-refractivity contribution in [2.24, 2.45) is 7.05 Å². The predicted molar refractivity (Wildman–Crippen MR) is 77.7 cm³/mol. The summed E-state index contributed by atoms with van der Waals surface area (Å²) in [5.74, 6) is 0.241. The van der Waals surface area contributed by atoms with Crippen LogP contribution in [0.4, 0.5) is 4.39 Å². The minimum absolute atomic E-state index is 0.172. The van der Waals surface area contributed by atoms with E-state index in [2.05, 4.69) is 10.4 Å². The summed E-state index contributed by atoms with van der Waals surface area (Å²) in [6.45, 7) is 1.38. The van der Waals surface area contributed by atoms with Gasteiger partial charge >= 0.3 is 0 Å². The summed E-state index contributed by atoms with van der Waals surface area (Å²) in [6, 6.07) is 5.73. The number of aryl methyl sites for hydroxylation is 1. The average Bonchev–Trinajstić information content (AvgIpc) is 2.89. The lowest BCUT2D eigenvalue weighted by Gasteiger charge is -2.13. The van der Waals surface area contributed by atoms with Crippen molar-refractivity contribution >= 4 is 0 Å². The van der Waals surface area contributed by atoms with Crippen LogP contribution in [0.15, 0.2) is 36.7 Å². The highest BCUT2D eigenvalue weighted by Crippen LogP contribution is 2.11. The van der Waals surface area contributed by atoms with Crippen molar-refractivity contribution < 1.29 is 14.2 Å². The third-order valence-corrected chi connectivity index (χ3v) is 2.98. The van der Waals surface area contributed by atoms with Crippen molar-refractivity contribution in [3.8, 4) is 5.75 Å². The van der Waals surface area contributed by atoms with Gasteiger partial charge in [-0.15, -0.1) is 0 Å². The minimum atomic E-state index is -0.607. The number of rotatable bonds is 8. The molecular formula is C15H20FN3O2. The molecule has 0 amide bonds. The fourth-order valence-electron chi connectivity index (χ4n) is 1.88. The molecule has 1 atom stereocenters. The van der Waals surface area contributed by atoms with Crippen LogP contribution in [0.2, 0.25) is 0 Å². The molecule has 5 nitrogen and oxygen atoms in total. The Labute approximate surface area is 123 Å². The molecule has 1 unspecified atom stereocenters. The van der Waals surface area contributed by atoms with Crippen LogP contribution in [0.25, 0.3) is 0 Å². The number of halogens is 1. The monoisotopic (exact) mass is 293 g/mol. The normalized spacial score (nSPS) is 12.3. The SMILES string of the molecule is Cn1cc(CCNCC(O)COc2ccc(F)cc2)cn1. The number of ether oxygens (including phenoxy) is 1. The van der Waals surface area contributed by atoms with Crippen LogP contribution in [0.3, 0.4) is 0 Å². The van der Waals surface area contributed by atoms with Crippen molar-refractivity contribution in [2.45, 2.75) is 12.5 Å². The molecule has 2 rings (SSSR count). The molecule has 0 saturated carbocycles. The van der Waals surface area contributed by atoms with E-state index in [-0.39, 0.29) is 12.4 Å². The summed E-state index contributed by atoms with van der Waals surface area (Å²) in [7, 11) is 1.88. The molecule has 0 aliphatic heterocycles. The van der Waals surface area contributed by atoms with Gasteiger partial charge in [-0.05, 0) is 42.8 Å². The number of benzene rings is 1. The molecule has 0 saturated heterocycles. The van der Waals surface area contributed by atoms with E-state index in [4.69, 9.17) is 4.74 Å². The first-order valence-electron chi connectivity index (χ1n) is 6.88. The Morgan fingerprint density at radius 2 is 2.14 bits per heavy atom. The zero-order valence-corrected chi connectivity index (χ0v) is 12.0. The molecule has 2 N–H and O–H groups in total. The van der Waals surface area contributed by atoms with Gasteiger partial charge in [0.15, 0.2) is 0 Å². The van der Waals surface area contributed by atoms with Gasteiger partial charge in [-0.2, -0.15) is 5.10 Å². The molecule has 1 heterocycles. The maximum atomic E-state index is 12.7. The van der Waals surface area contributed by atoms with E-state index < -0.39 is 6.10 Å². The molecule has 0 fully saturated rings. The van der Waals surface area contributed by atoms with E-state index >= 15 is 0 Å². The van der Waals surface area contributed by atoms with Gasteiger partial charge in [-0.3, -0.25) is 4.68 Å². The number of hydrogen-bond donors (Lipinski definition) is 2. The van der Waals surface area contributed by atoms with Gasteiger partial charge in [-0.25, -0.2) is 4.39 Å². The molecule has 0 bridgehead atoms. The largest absolute Gasteiger partial charge is 0.491 e. The highest BCUT2D eigenvalue weighted by molar-refractivity contribution is 5.22. The fourth-order valence-corrected chi connectivity index (χ4v) is 1.88. The number of hydrogen-bond acceptors (Lipinski definition) is 4. The molecule has 1 aromatic carbocycles. The third-order valence-electron chi connectivity index (χ3n) is 2.98. The quantitative estimate of drug-likeness (QED) is 0.716. The first-order valence-corrected chi connectivity index (χ1v) is 6.88. The van der Waals surface area contributed by atoms with Crippen molar-refractivity contribution in [3.05, 3.63) is 48.0 Å². The summed E-state index contributed by atoms with van der Waals surface area (Å²) < 4.78 is 19.8. The second-order valence-corrected chi connectivity index (χ2v) is 4.90. The smallest absolute Gasteiger partial charge is 0.123 e. The highest BCUT2D eigenvalue weighted by atomic mass is 19.1. The zero-order chi connectivity index (χ0) is 15.1. The van der Waals surface area contributed by atoms with Gasteiger partial charge in [0.1, 0.15) is 24.3 Å². The Hall–Kier alpha value is -1.92. The van der Waals surface area contributed by atoms with Gasteiger partial charge in [0.05, 0.1) is 6.20 Å². The molecule has 2 aromatic rings. The van der Waals surface area contributed by atoms with Crippen LogP contribution in [0.5, 0.6) is 5.75 Å². The van der Waals surface area contributed by atoms with E-state index in [1.807, 2.05) is 19.4 Å². The van der Waals surface area contributed by atoms with E-state index in [1.54, 1.807) is 4.68 Å². The maximum absolute atomic E-state index is 12.7. The number of nitrogens with zero attached hydrogens (tertiary/aromatic N) is 2. The van der Waals surface area contributed by atoms with Crippen molar-refractivity contribution in [3.63, 3.8) is 0 Å². The molecular weight excluding hydrogens is 273 g/mol. The van der Waals surface area contributed by atoms with Gasteiger partial charge in [-0.1, -0.05) is 0 Å². The van der Waals surface area contributed by atoms with E-state index in [0.717, 1.165) is 18.5 Å². The van der Waals surface area contributed by atoms with Gasteiger partial charge < -0.3 is 15.2 Å². The van der Waals surface area contributed by atoms with E-state index in [9.17, 15) is 9.50 Å². The molecule has 0 spiro atoms. The van der Waals surface area contributed by atoms with Crippen LogP contribution in [0, 0.1) is 5.82 Å². The number of nitrogens with one attached hydrogen (secondary N) is 1. The summed E-state index contributed by atoms with van der Waals surface area (Å²) in [5.41, 5.74) is 1.15. The van der Waals surface area contributed by atoms with Crippen LogP contribution in [-0.2, 0) is 13.5 Å². The molecule has 0 aliphatic carbocycles. The van der Waals surface area contributed by atoms with Gasteiger partial charge in [0.2, 0.25) is 0 Å². The molecule has 6 heteroatoms. The Morgan fingerprint density at radius 1 is 1.38 bits per heavy atom. The molecule has 21 heavy (non-hydrogen) atoms. The van der Waals surface area contributed by atoms with E-state index in [0.29, 0.717) is 12.3 Å². The van der Waals surface area contributed by atoms with Crippen LogP contribution in [-0.4, -0.2) is 40.7 Å². The van der Waals surface area contributed by atoms with Crippen molar-refractivity contribution in [2.75, 3.05) is 19.7 Å². The Bertz CT molecular complexity index is 542. The molecule has 114 valence electrons. The molecule has 1 aromatic heterocycles. The Kier molecular flexibility index (Phi) is 5.71. The lowest BCUT2D eigenvalue weighted by Crippen LogP contribution is -2.32. The molecule has 0 aliphatic rings. The lowest BCUT2D eigenvalue weighted by molar-refractivity contribution is 0.106. The Balaban J connectivity index is 1.59. The highest BCUT2D eigenvalue weighted by Gasteiger charge is 2.05. The van der Waals surface area contributed by atoms with Gasteiger partial charge in [0.25, 0.3) is 0 Å². The number of aliphatic hydroxyl groups excluding tert-OH is 1. The third kappa shape index (κ3) is 5.53. The Morgan fingerprint density at radius 3 is 2.81 bits per heavy atom. The lowest BCUT2D eigenvalue weighted by atomic mass is 10.2. The van der Waals surface area contributed by atoms with Crippen LogP contribution in [0.1, 0.15) is 5.56 Å². The van der Waals surface area contributed by atoms with Crippen molar-refractivity contribution in [1.82, 2.24) is 15.1 Å². The van der Waals surface area contributed by atoms with Crippen molar-refractivity contribution in [1.29, 1.82) is 0 Å². The van der Waals surface area contributed by atoms with Crippen LogP contribution < -0.4 is 10.1 Å². The number of aliphatic hydroxyl groups is 1. The summed E-state index contributed by atoms with van der Waals surface area (Å²) in [5, 5.41) is 17.0. The van der Waals surface area contributed by atoms with E-state index in [1.165, 1.54) is 24.3 Å². The fraction of sp³-hybridized carbons (Fsp3) is 0.400. The summed E-state index contributed by atoms with van der Waals surface area (Å²) >= 11 is 0. The standard InChI is InChI=1S/C15H20FN3O2/c1-19-10-12(8-18-19)6-7-17-9-14(20)11-21-15-4-2-13(16)3-5-15/h2-5,8,10,14,17,20H,6-7,9,11H2,1H3. The summed E-state index contributed by atoms with van der Waals surface area (Å²) in [6.07, 6.45) is 4.05. The topological polar surface area (TPSA) is 59.3 Å². The second kappa shape index (κ2) is 7.75. The minimum Gasteiger partial charge on any atom is -0.491 e. The maximum Gasteiger partial charge on any atom is 0.123 e. The zero-order valence-electron chi connectivity index (χ0n) is 12.0. The first kappa shape index (κ1) is 15.5.